The molecule has 2 aliphatic rings. The Morgan fingerprint density at radius 1 is 1.17 bits per heavy atom. The first-order valence-corrected chi connectivity index (χ1v) is 9.67. The van der Waals surface area contributed by atoms with E-state index in [1.807, 2.05) is 0 Å². The van der Waals surface area contributed by atoms with Crippen molar-refractivity contribution in [2.75, 3.05) is 18.8 Å². The van der Waals surface area contributed by atoms with E-state index in [4.69, 9.17) is 0 Å². The van der Waals surface area contributed by atoms with Gasteiger partial charge in [-0.3, -0.25) is 4.79 Å². The molecule has 2 fully saturated rings. The molecule has 0 spiro atoms. The van der Waals surface area contributed by atoms with E-state index in [2.05, 4.69) is 55.3 Å². The fourth-order valence-electron chi connectivity index (χ4n) is 3.46. The number of halogens is 1. The standard InChI is InChI=1S/C19H28N2OS.ClH/c1-19(2,3)14-4-8-17(9-5-14)23-13-18(22)21-11-10-15-6-7-16(12-21)20-15;/h4-5,8-9,15-16,20H,6-7,10-13H2,1-3H3;1H. The lowest BCUT2D eigenvalue weighted by molar-refractivity contribution is -0.128. The molecule has 0 saturated carbocycles. The Bertz CT molecular complexity index is 555. The third-order valence-electron chi connectivity index (χ3n) is 4.96. The molecule has 2 saturated heterocycles. The fraction of sp³-hybridized carbons (Fsp3) is 0.632. The highest BCUT2D eigenvalue weighted by Crippen LogP contribution is 2.26. The van der Waals surface area contributed by atoms with Crippen LogP contribution in [0.15, 0.2) is 29.2 Å². The summed E-state index contributed by atoms with van der Waals surface area (Å²) in [5.74, 6) is 0.830. The Morgan fingerprint density at radius 3 is 2.50 bits per heavy atom. The van der Waals surface area contributed by atoms with E-state index in [0.29, 0.717) is 17.8 Å². The van der Waals surface area contributed by atoms with Crippen LogP contribution in [-0.4, -0.2) is 41.7 Å². The number of nitrogens with one attached hydrogen (secondary N) is 1. The van der Waals surface area contributed by atoms with Crippen molar-refractivity contribution in [2.45, 2.75) is 62.4 Å². The van der Waals surface area contributed by atoms with Crippen molar-refractivity contribution in [3.05, 3.63) is 29.8 Å². The zero-order valence-corrected chi connectivity index (χ0v) is 16.5. The smallest absolute Gasteiger partial charge is 0.232 e. The van der Waals surface area contributed by atoms with Crippen LogP contribution in [0.4, 0.5) is 0 Å². The summed E-state index contributed by atoms with van der Waals surface area (Å²) in [7, 11) is 0. The van der Waals surface area contributed by atoms with Crippen LogP contribution in [0.5, 0.6) is 0 Å². The molecule has 5 heteroatoms. The number of thioether (sulfide) groups is 1. The monoisotopic (exact) mass is 368 g/mol. The summed E-state index contributed by atoms with van der Waals surface area (Å²) in [6.45, 7) is 8.47. The predicted octanol–water partition coefficient (Wildman–Crippen LogP) is 3.85. The zero-order valence-electron chi connectivity index (χ0n) is 14.9. The van der Waals surface area contributed by atoms with E-state index in [1.54, 1.807) is 11.8 Å². The van der Waals surface area contributed by atoms with Gasteiger partial charge in [0.25, 0.3) is 0 Å². The van der Waals surface area contributed by atoms with Crippen LogP contribution >= 0.6 is 24.2 Å². The second-order valence-corrected chi connectivity index (χ2v) is 8.88. The molecule has 2 bridgehead atoms. The van der Waals surface area contributed by atoms with Crippen molar-refractivity contribution in [1.29, 1.82) is 0 Å². The minimum Gasteiger partial charge on any atom is -0.340 e. The molecule has 2 heterocycles. The van der Waals surface area contributed by atoms with E-state index < -0.39 is 0 Å². The predicted molar refractivity (Wildman–Crippen MR) is 104 cm³/mol. The Balaban J connectivity index is 0.00000208. The number of carbonyl (C=O) groups excluding carboxylic acids is 1. The van der Waals surface area contributed by atoms with Gasteiger partial charge in [0, 0.05) is 30.1 Å². The van der Waals surface area contributed by atoms with Gasteiger partial charge in [0.2, 0.25) is 5.91 Å². The molecule has 1 amide bonds. The maximum absolute atomic E-state index is 12.5. The number of hydrogen-bond acceptors (Lipinski definition) is 3. The molecule has 134 valence electrons. The highest BCUT2D eigenvalue weighted by atomic mass is 35.5. The Morgan fingerprint density at radius 2 is 1.83 bits per heavy atom. The van der Waals surface area contributed by atoms with E-state index in [-0.39, 0.29) is 23.7 Å². The molecule has 3 nitrogen and oxygen atoms in total. The van der Waals surface area contributed by atoms with Crippen molar-refractivity contribution >= 4 is 30.1 Å². The van der Waals surface area contributed by atoms with Gasteiger partial charge in [-0.05, 0) is 42.4 Å². The Kier molecular flexibility index (Phi) is 6.63. The van der Waals surface area contributed by atoms with Gasteiger partial charge >= 0.3 is 0 Å². The quantitative estimate of drug-likeness (QED) is 0.822. The third-order valence-corrected chi connectivity index (χ3v) is 5.96. The van der Waals surface area contributed by atoms with Crippen LogP contribution in [0.3, 0.4) is 0 Å². The van der Waals surface area contributed by atoms with Crippen LogP contribution in [0, 0.1) is 0 Å². The van der Waals surface area contributed by atoms with Crippen molar-refractivity contribution in [3.63, 3.8) is 0 Å². The SMILES string of the molecule is CC(C)(C)c1ccc(SCC(=O)N2CCC3CCC(C2)N3)cc1.Cl. The maximum Gasteiger partial charge on any atom is 0.232 e. The fourth-order valence-corrected chi connectivity index (χ4v) is 4.26. The highest BCUT2D eigenvalue weighted by molar-refractivity contribution is 8.00. The minimum atomic E-state index is 0. The Labute approximate surface area is 156 Å². The summed E-state index contributed by atoms with van der Waals surface area (Å²) in [6.07, 6.45) is 3.60. The van der Waals surface area contributed by atoms with Crippen LogP contribution in [0.1, 0.15) is 45.6 Å². The summed E-state index contributed by atoms with van der Waals surface area (Å²) < 4.78 is 0. The van der Waals surface area contributed by atoms with E-state index >= 15 is 0 Å². The molecule has 2 aliphatic heterocycles. The van der Waals surface area contributed by atoms with Gasteiger partial charge in [-0.25, -0.2) is 0 Å². The third kappa shape index (κ3) is 4.90. The summed E-state index contributed by atoms with van der Waals surface area (Å²) in [4.78, 5) is 15.7. The normalized spacial score (nSPS) is 23.5. The lowest BCUT2D eigenvalue weighted by Gasteiger charge is -2.24. The summed E-state index contributed by atoms with van der Waals surface area (Å²) in [5.41, 5.74) is 1.51. The Hall–Kier alpha value is -0.710. The molecule has 1 aromatic rings. The van der Waals surface area contributed by atoms with Crippen molar-refractivity contribution in [2.24, 2.45) is 0 Å². The second-order valence-electron chi connectivity index (χ2n) is 7.83. The molecule has 2 unspecified atom stereocenters. The molecule has 0 aliphatic carbocycles. The maximum atomic E-state index is 12.5. The van der Waals surface area contributed by atoms with Crippen LogP contribution < -0.4 is 5.32 Å². The lowest BCUT2D eigenvalue weighted by atomic mass is 9.87. The van der Waals surface area contributed by atoms with Gasteiger partial charge in [-0.2, -0.15) is 0 Å². The van der Waals surface area contributed by atoms with E-state index in [0.717, 1.165) is 19.5 Å². The number of amides is 1. The minimum absolute atomic E-state index is 0. The van der Waals surface area contributed by atoms with Gasteiger partial charge in [-0.15, -0.1) is 24.2 Å². The molecule has 0 aromatic heterocycles. The molecule has 2 atom stereocenters. The first-order chi connectivity index (χ1) is 10.9. The van der Waals surface area contributed by atoms with E-state index in [1.165, 1.54) is 23.3 Å². The van der Waals surface area contributed by atoms with Crippen molar-refractivity contribution < 1.29 is 4.79 Å². The zero-order chi connectivity index (χ0) is 16.4. The topological polar surface area (TPSA) is 32.3 Å². The summed E-state index contributed by atoms with van der Waals surface area (Å²) in [5, 5.41) is 3.63. The van der Waals surface area contributed by atoms with Gasteiger partial charge in [0.1, 0.15) is 0 Å². The first-order valence-electron chi connectivity index (χ1n) is 8.69. The second kappa shape index (κ2) is 8.11. The lowest BCUT2D eigenvalue weighted by Crippen LogP contribution is -2.39. The molecular formula is C19H29ClN2OS. The van der Waals surface area contributed by atoms with Crippen molar-refractivity contribution in [3.8, 4) is 0 Å². The number of hydrogen-bond donors (Lipinski definition) is 1. The number of carbonyl (C=O) groups is 1. The summed E-state index contributed by atoms with van der Waals surface area (Å²) in [6, 6.07) is 9.80. The highest BCUT2D eigenvalue weighted by Gasteiger charge is 2.30. The molecule has 24 heavy (non-hydrogen) atoms. The first kappa shape index (κ1) is 19.6. The number of benzene rings is 1. The van der Waals surface area contributed by atoms with Gasteiger partial charge < -0.3 is 10.2 Å². The van der Waals surface area contributed by atoms with Crippen LogP contribution in [-0.2, 0) is 10.2 Å². The number of nitrogens with zero attached hydrogens (tertiary/aromatic N) is 1. The summed E-state index contributed by atoms with van der Waals surface area (Å²) >= 11 is 1.66. The van der Waals surface area contributed by atoms with Gasteiger partial charge in [-0.1, -0.05) is 32.9 Å². The number of fused-ring (bicyclic) bond motifs is 2. The van der Waals surface area contributed by atoms with Crippen molar-refractivity contribution in [1.82, 2.24) is 10.2 Å². The molecule has 3 rings (SSSR count). The molecule has 1 aromatic carbocycles. The van der Waals surface area contributed by atoms with Crippen LogP contribution in [0.2, 0.25) is 0 Å². The van der Waals surface area contributed by atoms with Crippen LogP contribution in [0.25, 0.3) is 0 Å². The van der Waals surface area contributed by atoms with Gasteiger partial charge in [0.05, 0.1) is 5.75 Å². The molecule has 1 N–H and O–H groups in total. The van der Waals surface area contributed by atoms with Gasteiger partial charge in [0.15, 0.2) is 0 Å². The average Bonchev–Trinajstić information content (AvgIpc) is 2.83. The largest absolute Gasteiger partial charge is 0.340 e. The molecule has 0 radical (unpaired) electrons. The number of likely N-dealkylation sites (tertiary alicyclic amines) is 1. The molecular weight excluding hydrogens is 340 g/mol. The number of rotatable bonds is 3. The van der Waals surface area contributed by atoms with E-state index in [9.17, 15) is 4.79 Å². The average molecular weight is 369 g/mol.